The van der Waals surface area contributed by atoms with Crippen molar-refractivity contribution in [3.05, 3.63) is 29.6 Å². The van der Waals surface area contributed by atoms with Gasteiger partial charge in [0.05, 0.1) is 11.5 Å². The molecule has 1 heterocycles. The number of hydrogen-bond donors (Lipinski definition) is 0. The fraction of sp³-hybridized carbons (Fsp3) is 0.455. The van der Waals surface area contributed by atoms with Crippen molar-refractivity contribution in [2.75, 3.05) is 0 Å². The van der Waals surface area contributed by atoms with E-state index in [9.17, 15) is 0 Å². The molecule has 0 N–H and O–H groups in total. The Morgan fingerprint density at radius 2 is 2.23 bits per heavy atom. The van der Waals surface area contributed by atoms with Gasteiger partial charge in [-0.2, -0.15) is 5.26 Å². The Balaban J connectivity index is 3.10. The largest absolute Gasteiger partial charge is 0.261 e. The Labute approximate surface area is 79.2 Å². The second kappa shape index (κ2) is 3.57. The number of hydrogen-bond acceptors (Lipinski definition) is 2. The van der Waals surface area contributed by atoms with Gasteiger partial charge in [-0.15, -0.1) is 0 Å². The van der Waals surface area contributed by atoms with E-state index < -0.39 is 5.41 Å². The second-order valence-electron chi connectivity index (χ2n) is 3.63. The van der Waals surface area contributed by atoms with E-state index in [-0.39, 0.29) is 0 Å². The van der Waals surface area contributed by atoms with Gasteiger partial charge in [0, 0.05) is 11.9 Å². The Morgan fingerprint density at radius 1 is 1.54 bits per heavy atom. The van der Waals surface area contributed by atoms with Gasteiger partial charge in [-0.3, -0.25) is 4.98 Å². The molecule has 0 atom stereocenters. The average molecular weight is 174 g/mol. The normalized spacial score (nSPS) is 10.9. The summed E-state index contributed by atoms with van der Waals surface area (Å²) < 4.78 is 0. The van der Waals surface area contributed by atoms with Crippen molar-refractivity contribution in [1.82, 2.24) is 4.98 Å². The molecule has 0 saturated carbocycles. The second-order valence-corrected chi connectivity index (χ2v) is 3.63. The SMILES string of the molecule is CCc1cc(C(C)(C)C#N)ccn1. The van der Waals surface area contributed by atoms with Gasteiger partial charge in [-0.1, -0.05) is 6.92 Å². The van der Waals surface area contributed by atoms with Gasteiger partial charge >= 0.3 is 0 Å². The van der Waals surface area contributed by atoms with E-state index in [0.717, 1.165) is 17.7 Å². The lowest BCUT2D eigenvalue weighted by molar-refractivity contribution is 0.683. The zero-order chi connectivity index (χ0) is 9.90. The Kier molecular flexibility index (Phi) is 2.67. The van der Waals surface area contributed by atoms with E-state index in [2.05, 4.69) is 18.0 Å². The minimum absolute atomic E-state index is 0.410. The lowest BCUT2D eigenvalue weighted by atomic mass is 9.86. The highest BCUT2D eigenvalue weighted by Crippen LogP contribution is 2.21. The highest BCUT2D eigenvalue weighted by Gasteiger charge is 2.19. The van der Waals surface area contributed by atoms with Crippen LogP contribution in [0.3, 0.4) is 0 Å². The van der Waals surface area contributed by atoms with Crippen molar-refractivity contribution in [1.29, 1.82) is 5.26 Å². The molecule has 2 nitrogen and oxygen atoms in total. The van der Waals surface area contributed by atoms with Crippen LogP contribution < -0.4 is 0 Å². The van der Waals surface area contributed by atoms with E-state index in [1.165, 1.54) is 0 Å². The summed E-state index contributed by atoms with van der Waals surface area (Å²) in [4.78, 5) is 4.20. The van der Waals surface area contributed by atoms with Crippen LogP contribution >= 0.6 is 0 Å². The van der Waals surface area contributed by atoms with Gasteiger partial charge in [-0.05, 0) is 38.0 Å². The number of pyridine rings is 1. The molecule has 0 aliphatic rings. The highest BCUT2D eigenvalue weighted by molar-refractivity contribution is 5.30. The third-order valence-electron chi connectivity index (χ3n) is 2.18. The molecule has 0 spiro atoms. The van der Waals surface area contributed by atoms with Crippen LogP contribution in [0.15, 0.2) is 18.3 Å². The molecule has 0 aliphatic carbocycles. The van der Waals surface area contributed by atoms with Gasteiger partial charge in [0.2, 0.25) is 0 Å². The Hall–Kier alpha value is -1.36. The zero-order valence-electron chi connectivity index (χ0n) is 8.33. The van der Waals surface area contributed by atoms with Crippen molar-refractivity contribution < 1.29 is 0 Å². The van der Waals surface area contributed by atoms with Gasteiger partial charge in [0.1, 0.15) is 0 Å². The summed E-state index contributed by atoms with van der Waals surface area (Å²) in [6.07, 6.45) is 2.68. The number of nitriles is 1. The third-order valence-corrected chi connectivity index (χ3v) is 2.18. The van der Waals surface area contributed by atoms with Crippen LogP contribution in [0.5, 0.6) is 0 Å². The monoisotopic (exact) mass is 174 g/mol. The molecule has 0 unspecified atom stereocenters. The van der Waals surface area contributed by atoms with Gasteiger partial charge in [0.15, 0.2) is 0 Å². The number of aryl methyl sites for hydroxylation is 1. The van der Waals surface area contributed by atoms with Crippen LogP contribution in [-0.2, 0) is 11.8 Å². The van der Waals surface area contributed by atoms with Crippen LogP contribution in [-0.4, -0.2) is 4.98 Å². The summed E-state index contributed by atoms with van der Waals surface area (Å²) in [5.41, 5.74) is 1.68. The summed E-state index contributed by atoms with van der Waals surface area (Å²) in [7, 11) is 0. The van der Waals surface area contributed by atoms with E-state index in [4.69, 9.17) is 5.26 Å². The predicted octanol–water partition coefficient (Wildman–Crippen LogP) is 2.45. The van der Waals surface area contributed by atoms with Crippen LogP contribution in [0.1, 0.15) is 32.0 Å². The first-order chi connectivity index (χ1) is 6.10. The topological polar surface area (TPSA) is 36.7 Å². The molecule has 0 amide bonds. The van der Waals surface area contributed by atoms with Crippen LogP contribution in [0.2, 0.25) is 0 Å². The molecule has 0 radical (unpaired) electrons. The minimum atomic E-state index is -0.410. The fourth-order valence-corrected chi connectivity index (χ4v) is 1.12. The van der Waals surface area contributed by atoms with E-state index in [1.807, 2.05) is 26.0 Å². The summed E-state index contributed by atoms with van der Waals surface area (Å²) in [6, 6.07) is 6.19. The van der Waals surface area contributed by atoms with E-state index >= 15 is 0 Å². The summed E-state index contributed by atoms with van der Waals surface area (Å²) in [5.74, 6) is 0. The van der Waals surface area contributed by atoms with Gasteiger partial charge in [-0.25, -0.2) is 0 Å². The molecule has 1 aromatic rings. The first kappa shape index (κ1) is 9.73. The first-order valence-electron chi connectivity index (χ1n) is 4.47. The maximum atomic E-state index is 8.94. The molecule has 0 fully saturated rings. The molecule has 0 bridgehead atoms. The molecule has 0 saturated heterocycles. The molecule has 13 heavy (non-hydrogen) atoms. The number of rotatable bonds is 2. The minimum Gasteiger partial charge on any atom is -0.261 e. The van der Waals surface area contributed by atoms with Crippen molar-refractivity contribution in [2.24, 2.45) is 0 Å². The molecule has 1 aromatic heterocycles. The maximum absolute atomic E-state index is 8.94. The van der Waals surface area contributed by atoms with Crippen molar-refractivity contribution >= 4 is 0 Å². The number of nitrogens with zero attached hydrogens (tertiary/aromatic N) is 2. The quantitative estimate of drug-likeness (QED) is 0.690. The molecular weight excluding hydrogens is 160 g/mol. The lowest BCUT2D eigenvalue weighted by Crippen LogP contribution is -2.14. The molecule has 0 aromatic carbocycles. The first-order valence-corrected chi connectivity index (χ1v) is 4.47. The third kappa shape index (κ3) is 2.06. The molecular formula is C11H14N2. The predicted molar refractivity (Wildman–Crippen MR) is 52.3 cm³/mol. The molecule has 1 rings (SSSR count). The fourth-order valence-electron chi connectivity index (χ4n) is 1.12. The van der Waals surface area contributed by atoms with E-state index in [1.54, 1.807) is 6.20 Å². The summed E-state index contributed by atoms with van der Waals surface area (Å²) in [6.45, 7) is 5.90. The van der Waals surface area contributed by atoms with E-state index in [0.29, 0.717) is 0 Å². The molecule has 2 heteroatoms. The summed E-state index contributed by atoms with van der Waals surface area (Å²) in [5, 5.41) is 8.94. The van der Waals surface area contributed by atoms with Crippen LogP contribution in [0.25, 0.3) is 0 Å². The Morgan fingerprint density at radius 3 is 2.77 bits per heavy atom. The maximum Gasteiger partial charge on any atom is 0.0767 e. The Bertz CT molecular complexity index is 334. The standard InChI is InChI=1S/C11H14N2/c1-4-10-7-9(5-6-13-10)11(2,3)8-12/h5-7H,4H2,1-3H3. The smallest absolute Gasteiger partial charge is 0.0767 e. The average Bonchev–Trinajstić information content (AvgIpc) is 2.18. The molecule has 0 aliphatic heterocycles. The summed E-state index contributed by atoms with van der Waals surface area (Å²) >= 11 is 0. The van der Waals surface area contributed by atoms with Crippen molar-refractivity contribution in [3.63, 3.8) is 0 Å². The van der Waals surface area contributed by atoms with Crippen molar-refractivity contribution in [3.8, 4) is 6.07 Å². The van der Waals surface area contributed by atoms with Gasteiger partial charge in [0.25, 0.3) is 0 Å². The lowest BCUT2D eigenvalue weighted by Gasteiger charge is -2.15. The molecule has 68 valence electrons. The van der Waals surface area contributed by atoms with Crippen LogP contribution in [0.4, 0.5) is 0 Å². The van der Waals surface area contributed by atoms with Gasteiger partial charge < -0.3 is 0 Å². The highest BCUT2D eigenvalue weighted by atomic mass is 14.7. The number of aromatic nitrogens is 1. The zero-order valence-corrected chi connectivity index (χ0v) is 8.33. The van der Waals surface area contributed by atoms with Crippen molar-refractivity contribution in [2.45, 2.75) is 32.6 Å². The van der Waals surface area contributed by atoms with Crippen LogP contribution in [0, 0.1) is 11.3 Å².